The van der Waals surface area contributed by atoms with Gasteiger partial charge >= 0.3 is 0 Å². The van der Waals surface area contributed by atoms with Crippen LogP contribution >= 0.6 is 46.4 Å². The number of benzene rings is 4. The molecule has 0 radical (unpaired) electrons. The molecule has 40 heteroatoms. The van der Waals surface area contributed by atoms with Crippen LogP contribution in [-0.2, 0) is 26.2 Å². The SMILES string of the molecule is C=C1CC2(NC(=O)c3cc(C)no3)CCC1(NC(=O)COc1ccc(Cl)c(F)c1)CC2.CC1CC2(NC(=O)c3cc(-c4cnn(C)c4)no3)CCC1(NC(=O)COc1ccc(Cl)c(F)c1)CC2.CC1CC2(NC(=O)c3cc(C(F)F)no3)CCC1(NC(=O)COc1ccc(Cl)c(F)c1)CC2.Cc1cc(OCC(=O)NC23CC(NC(=O)c4ccn5nccc5n4)(C2)C3)ccc1Cl. The topological polar surface area (TPSA) is 396 Å². The predicted octanol–water partition coefficient (Wildman–Crippen LogP) is 14.3. The molecular weight excluding hydrogens is 1780 g/mol. The first-order chi connectivity index (χ1) is 61.8. The van der Waals surface area contributed by atoms with Crippen LogP contribution in [0.5, 0.6) is 23.0 Å². The van der Waals surface area contributed by atoms with Crippen LogP contribution in [0, 0.1) is 43.1 Å². The molecule has 4 aromatic carbocycles. The largest absolute Gasteiger partial charge is 0.484 e. The number of carbonyl (C=O) groups is 8. The Kier molecular flexibility index (Phi) is 26.6. The molecule has 6 aromatic heterocycles. The summed E-state index contributed by atoms with van der Waals surface area (Å²) < 4.78 is 106. The third-order valence-electron chi connectivity index (χ3n) is 26.2. The van der Waals surface area contributed by atoms with E-state index >= 15 is 0 Å². The van der Waals surface area contributed by atoms with Gasteiger partial charge in [-0.25, -0.2) is 31.5 Å². The van der Waals surface area contributed by atoms with E-state index in [1.54, 1.807) is 90.4 Å². The van der Waals surface area contributed by atoms with E-state index in [1.807, 2.05) is 13.8 Å². The molecule has 2 unspecified atom stereocenters. The van der Waals surface area contributed by atoms with Crippen molar-refractivity contribution in [2.45, 2.75) is 194 Å². The summed E-state index contributed by atoms with van der Waals surface area (Å²) >= 11 is 23.0. The summed E-state index contributed by atoms with van der Waals surface area (Å²) in [6, 6.07) is 24.9. The van der Waals surface area contributed by atoms with Gasteiger partial charge in [0.05, 0.1) is 38.7 Å². The third-order valence-corrected chi connectivity index (χ3v) is 27.6. The highest BCUT2D eigenvalue weighted by molar-refractivity contribution is 6.32. The highest BCUT2D eigenvalue weighted by Gasteiger charge is 2.69. The van der Waals surface area contributed by atoms with Gasteiger partial charge in [0.15, 0.2) is 37.8 Å². The molecule has 12 aliphatic carbocycles. The standard InChI is InChI=1S/C25H27ClFN5O4.C22H23ClF3N3O4.C22H23ClFN3O4.C21H20ClN5O3/c1-15-11-24(30-23(34)21-10-20(31-36-21)16-12-28-32(2)13-16)5-7-25(15,8-6-24)29-22(33)14-35-17-3-4-18(26)19(27)9-17;1-12-10-21(28-20(31)17-9-16(19(25)26)29-33-17)4-6-22(12,7-5-21)27-18(30)11-32-13-2-3-14(23)15(24)8-13;1-13-11-21(26-20(29)18-9-14(2)27-31-18)5-7-22(13,8-6-21)25-19(28)12-30-15-3-4-16(23)17(24)10-15;1-13-8-14(2-3-15(13)22)30-9-18(28)25-20-10-21(11-20,12-20)26-19(29)16-5-7-27-17(24-16)4-6-23-27/h3-4,9-10,12-13,15H,5-8,11,14H2,1-2H3,(H,29,33)(H,30,34);2-3,8-9,12,19H,4-7,10-11H2,1H3,(H,27,30)(H,28,31);3-4,9-10H,1,5-8,11-12H2,2H3,(H,25,28)(H,26,29);2-8H,9-12H2,1H3,(H,25,28)(H,26,29). The summed E-state index contributed by atoms with van der Waals surface area (Å²) in [7, 11) is 1.81. The second-order valence-corrected chi connectivity index (χ2v) is 36.9. The Hall–Kier alpha value is -12.2. The zero-order chi connectivity index (χ0) is 92.5. The first kappa shape index (κ1) is 92.6. The Morgan fingerprint density at radius 1 is 0.492 bits per heavy atom. The third kappa shape index (κ3) is 20.7. The fourth-order valence-corrected chi connectivity index (χ4v) is 19.8. The van der Waals surface area contributed by atoms with Crippen LogP contribution in [0.25, 0.3) is 16.9 Å². The van der Waals surface area contributed by atoms with Crippen molar-refractivity contribution < 1.29 is 92.8 Å². The van der Waals surface area contributed by atoms with Crippen LogP contribution in [0.3, 0.4) is 0 Å². The Bertz CT molecular complexity index is 5980. The maximum Gasteiger partial charge on any atom is 0.290 e. The van der Waals surface area contributed by atoms with Gasteiger partial charge in [-0.1, -0.05) is 82.3 Å². The normalized spacial score (nSPS) is 25.0. The number of hydrogen-bond acceptors (Lipinski definition) is 21. The number of fused-ring (bicyclic) bond motifs is 10. The monoisotopic (exact) mass is 1870 g/mol. The minimum atomic E-state index is -2.82. The maximum absolute atomic E-state index is 13.6. The van der Waals surface area contributed by atoms with Gasteiger partial charge < -0.3 is 75.1 Å². The molecule has 31 nitrogen and oxygen atoms in total. The van der Waals surface area contributed by atoms with E-state index < -0.39 is 57.6 Å². The van der Waals surface area contributed by atoms with Crippen molar-refractivity contribution in [1.29, 1.82) is 0 Å². The Labute approximate surface area is 761 Å². The van der Waals surface area contributed by atoms with Crippen LogP contribution in [0.2, 0.25) is 20.1 Å². The average molecular weight is 1880 g/mol. The summed E-state index contributed by atoms with van der Waals surface area (Å²) in [6.45, 7) is 11.1. The van der Waals surface area contributed by atoms with E-state index in [2.05, 4.69) is 86.7 Å². The number of rotatable bonds is 26. The van der Waals surface area contributed by atoms with E-state index in [0.717, 1.165) is 73.1 Å². The van der Waals surface area contributed by atoms with Crippen molar-refractivity contribution in [1.82, 2.24) is 82.4 Å². The van der Waals surface area contributed by atoms with Gasteiger partial charge in [0.2, 0.25) is 17.3 Å². The Morgan fingerprint density at radius 2 is 0.931 bits per heavy atom. The molecule has 22 rings (SSSR count). The van der Waals surface area contributed by atoms with Crippen molar-refractivity contribution in [3.05, 3.63) is 218 Å². The van der Waals surface area contributed by atoms with Crippen molar-refractivity contribution in [3.63, 3.8) is 0 Å². The molecule has 8 N–H and O–H groups in total. The molecule has 130 heavy (non-hydrogen) atoms. The van der Waals surface area contributed by atoms with Gasteiger partial charge in [-0.15, -0.1) is 0 Å². The van der Waals surface area contributed by atoms with Gasteiger partial charge in [-0.2, -0.15) is 10.2 Å². The summed E-state index contributed by atoms with van der Waals surface area (Å²) in [5, 5.41) is 44.4. The van der Waals surface area contributed by atoms with Crippen molar-refractivity contribution in [3.8, 4) is 34.3 Å². The molecule has 2 atom stereocenters. The van der Waals surface area contributed by atoms with E-state index in [0.29, 0.717) is 117 Å². The Balaban J connectivity index is 0.000000133. The first-order valence-electron chi connectivity index (χ1n) is 42.1. The molecule has 686 valence electrons. The molecule has 0 spiro atoms. The van der Waals surface area contributed by atoms with Crippen molar-refractivity contribution in [2.24, 2.45) is 18.9 Å². The van der Waals surface area contributed by atoms with Crippen LogP contribution in [-0.4, -0.2) is 158 Å². The second-order valence-electron chi connectivity index (χ2n) is 35.3. The number of carbonyl (C=O) groups excluding carboxylic acids is 8. The molecule has 0 aliphatic heterocycles. The predicted molar refractivity (Wildman–Crippen MR) is 462 cm³/mol. The molecule has 12 aliphatic rings. The number of hydrogen-bond donors (Lipinski definition) is 8. The minimum absolute atomic E-state index is 0.00301. The van der Waals surface area contributed by atoms with Gasteiger partial charge in [-0.05, 0) is 213 Å². The van der Waals surface area contributed by atoms with Gasteiger partial charge in [0.25, 0.3) is 53.7 Å². The van der Waals surface area contributed by atoms with Gasteiger partial charge in [-0.3, -0.25) is 43.0 Å². The van der Waals surface area contributed by atoms with Crippen LogP contribution < -0.4 is 61.5 Å². The molecule has 6 heterocycles. The fraction of sp³-hybridized carbons (Fsp3) is 0.422. The maximum atomic E-state index is 13.6. The zero-order valence-electron chi connectivity index (χ0n) is 71.2. The zero-order valence-corrected chi connectivity index (χ0v) is 74.2. The van der Waals surface area contributed by atoms with Crippen molar-refractivity contribution >= 4 is 99.3 Å². The number of halogens is 9. The number of alkyl halides is 2. The molecule has 8 amide bonds. The Morgan fingerprint density at radius 3 is 1.38 bits per heavy atom. The van der Waals surface area contributed by atoms with Crippen LogP contribution in [0.1, 0.15) is 195 Å². The molecular formula is C90H93Cl4F5N16O15. The minimum Gasteiger partial charge on any atom is -0.484 e. The number of amides is 8. The van der Waals surface area contributed by atoms with Crippen LogP contribution in [0.4, 0.5) is 22.0 Å². The van der Waals surface area contributed by atoms with Crippen LogP contribution in [0.15, 0.2) is 154 Å². The highest BCUT2D eigenvalue weighted by Crippen LogP contribution is 2.61. The smallest absolute Gasteiger partial charge is 0.290 e. The number of nitrogens with one attached hydrogen (secondary N) is 8. The molecule has 8 bridgehead atoms. The lowest BCUT2D eigenvalue weighted by Crippen LogP contribution is -2.84. The number of aryl methyl sites for hydroxylation is 3. The molecule has 0 saturated heterocycles. The lowest BCUT2D eigenvalue weighted by Gasteiger charge is -2.70. The average Bonchev–Trinajstić information content (AvgIpc) is 0.790. The quantitative estimate of drug-likeness (QED) is 0.0184. The fourth-order valence-electron chi connectivity index (χ4n) is 19.3. The van der Waals surface area contributed by atoms with E-state index in [1.165, 1.54) is 36.4 Å². The number of ether oxygens (including phenoxy) is 4. The molecule has 10 aromatic rings. The van der Waals surface area contributed by atoms with Gasteiger partial charge in [0.1, 0.15) is 51.8 Å². The number of aromatic nitrogens is 8. The highest BCUT2D eigenvalue weighted by atomic mass is 35.5. The first-order valence-corrected chi connectivity index (χ1v) is 43.6. The summed E-state index contributed by atoms with van der Waals surface area (Å²) in [4.78, 5) is 105. The van der Waals surface area contributed by atoms with Gasteiger partial charge in [0, 0.05) is 111 Å². The lowest BCUT2D eigenvalue weighted by molar-refractivity contribution is -0.141. The summed E-state index contributed by atoms with van der Waals surface area (Å²) in [5.74, 6) is -2.74. The molecule has 12 saturated carbocycles. The van der Waals surface area contributed by atoms with E-state index in [4.69, 9.17) is 78.9 Å². The number of nitrogens with zero attached hydrogens (tertiary/aromatic N) is 8. The second kappa shape index (κ2) is 37.4. The summed E-state index contributed by atoms with van der Waals surface area (Å²) in [6.07, 6.45) is 16.2. The van der Waals surface area contributed by atoms with E-state index in [-0.39, 0.29) is 151 Å². The lowest BCUT2D eigenvalue weighted by atomic mass is 9.44. The summed E-state index contributed by atoms with van der Waals surface area (Å²) in [5.41, 5.74) is 1.04. The van der Waals surface area contributed by atoms with Crippen molar-refractivity contribution in [2.75, 3.05) is 26.4 Å². The molecule has 12 fully saturated rings. The van der Waals surface area contributed by atoms with E-state index in [9.17, 15) is 60.3 Å².